The summed E-state index contributed by atoms with van der Waals surface area (Å²) in [5.41, 5.74) is 1.69. The highest BCUT2D eigenvalue weighted by Gasteiger charge is 2.43. The fraction of sp³-hybridized carbons (Fsp3) is 0.611. The van der Waals surface area contributed by atoms with Crippen LogP contribution in [-0.2, 0) is 10.2 Å². The number of ether oxygens (including phenoxy) is 1. The first-order valence-corrected chi connectivity index (χ1v) is 8.46. The summed E-state index contributed by atoms with van der Waals surface area (Å²) >= 11 is 0. The minimum atomic E-state index is 0.273. The number of nitrogens with one attached hydrogen (secondary N) is 2. The minimum absolute atomic E-state index is 0.273. The monoisotopic (exact) mass is 303 g/mol. The molecule has 0 amide bonds. The van der Waals surface area contributed by atoms with Crippen molar-refractivity contribution in [2.24, 2.45) is 4.99 Å². The van der Waals surface area contributed by atoms with Crippen molar-refractivity contribution in [3.8, 4) is 0 Å². The Morgan fingerprint density at radius 1 is 1.18 bits per heavy atom. The maximum absolute atomic E-state index is 5.36. The summed E-state index contributed by atoms with van der Waals surface area (Å²) in [6.07, 6.45) is 3.48. The van der Waals surface area contributed by atoms with Crippen LogP contribution in [0.4, 0.5) is 0 Å². The highest BCUT2D eigenvalue weighted by atomic mass is 16.5. The Kier molecular flexibility index (Phi) is 6.72. The van der Waals surface area contributed by atoms with Gasteiger partial charge >= 0.3 is 0 Å². The first kappa shape index (κ1) is 16.8. The molecule has 1 aromatic carbocycles. The van der Waals surface area contributed by atoms with Crippen molar-refractivity contribution < 1.29 is 4.74 Å². The number of hydrogen-bond donors (Lipinski definition) is 2. The molecule has 0 heterocycles. The van der Waals surface area contributed by atoms with Gasteiger partial charge in [-0.2, -0.15) is 0 Å². The van der Waals surface area contributed by atoms with Gasteiger partial charge in [0.1, 0.15) is 0 Å². The first-order chi connectivity index (χ1) is 10.8. The molecular weight excluding hydrogens is 274 g/mol. The second-order valence-corrected chi connectivity index (χ2v) is 5.82. The number of benzene rings is 1. The molecule has 1 aliphatic rings. The van der Waals surface area contributed by atoms with Gasteiger partial charge in [-0.05, 0) is 38.7 Å². The average molecular weight is 303 g/mol. The summed E-state index contributed by atoms with van der Waals surface area (Å²) in [6.45, 7) is 8.35. The second-order valence-electron chi connectivity index (χ2n) is 5.82. The van der Waals surface area contributed by atoms with E-state index in [1.54, 1.807) is 0 Å². The normalized spacial score (nSPS) is 16.4. The highest BCUT2D eigenvalue weighted by molar-refractivity contribution is 5.79. The minimum Gasteiger partial charge on any atom is -0.382 e. The van der Waals surface area contributed by atoms with Crippen LogP contribution in [0.3, 0.4) is 0 Å². The zero-order valence-corrected chi connectivity index (χ0v) is 13.9. The zero-order valence-electron chi connectivity index (χ0n) is 13.9. The van der Waals surface area contributed by atoms with Gasteiger partial charge in [0.15, 0.2) is 5.96 Å². The fourth-order valence-electron chi connectivity index (χ4n) is 2.58. The van der Waals surface area contributed by atoms with E-state index < -0.39 is 0 Å². The largest absolute Gasteiger partial charge is 0.382 e. The molecule has 2 rings (SSSR count). The Bertz CT molecular complexity index is 455. The molecule has 2 N–H and O–H groups in total. The lowest BCUT2D eigenvalue weighted by Gasteiger charge is -2.16. The molecule has 0 spiro atoms. The lowest BCUT2D eigenvalue weighted by molar-refractivity contribution is 0.145. The molecule has 0 saturated heterocycles. The van der Waals surface area contributed by atoms with Crippen molar-refractivity contribution >= 4 is 5.96 Å². The molecule has 0 bridgehead atoms. The second kappa shape index (κ2) is 8.79. The van der Waals surface area contributed by atoms with E-state index in [1.807, 2.05) is 6.92 Å². The molecule has 1 fully saturated rings. The third kappa shape index (κ3) is 5.02. The van der Waals surface area contributed by atoms with Gasteiger partial charge in [0.25, 0.3) is 0 Å². The average Bonchev–Trinajstić information content (AvgIpc) is 3.34. The molecule has 1 saturated carbocycles. The maximum atomic E-state index is 5.36. The van der Waals surface area contributed by atoms with Gasteiger partial charge in [0.2, 0.25) is 0 Å². The number of nitrogens with zero attached hydrogens (tertiary/aromatic N) is 1. The van der Waals surface area contributed by atoms with Crippen LogP contribution in [-0.4, -0.2) is 38.8 Å². The van der Waals surface area contributed by atoms with Gasteiger partial charge in [-0.15, -0.1) is 0 Å². The number of guanidine groups is 1. The standard InChI is InChI=1S/C18H29N3O/c1-3-19-17(20-13-8-14-22-4-2)21-15-18(11-12-18)16-9-6-5-7-10-16/h5-7,9-10H,3-4,8,11-15H2,1-2H3,(H2,19,20,21). The smallest absolute Gasteiger partial charge is 0.191 e. The van der Waals surface area contributed by atoms with E-state index in [-0.39, 0.29) is 5.41 Å². The van der Waals surface area contributed by atoms with Crippen molar-refractivity contribution in [1.82, 2.24) is 10.6 Å². The third-order valence-electron chi connectivity index (χ3n) is 4.09. The quantitative estimate of drug-likeness (QED) is 0.419. The van der Waals surface area contributed by atoms with Crippen LogP contribution in [0.5, 0.6) is 0 Å². The topological polar surface area (TPSA) is 45.7 Å². The van der Waals surface area contributed by atoms with E-state index in [0.717, 1.165) is 45.2 Å². The van der Waals surface area contributed by atoms with E-state index in [2.05, 4.69) is 47.9 Å². The van der Waals surface area contributed by atoms with Crippen LogP contribution in [0.2, 0.25) is 0 Å². The van der Waals surface area contributed by atoms with E-state index in [4.69, 9.17) is 9.73 Å². The summed E-state index contributed by atoms with van der Waals surface area (Å²) in [4.78, 5) is 4.80. The summed E-state index contributed by atoms with van der Waals surface area (Å²) in [7, 11) is 0. The molecule has 4 nitrogen and oxygen atoms in total. The predicted molar refractivity (Wildman–Crippen MR) is 92.4 cm³/mol. The molecule has 4 heteroatoms. The summed E-state index contributed by atoms with van der Waals surface area (Å²) in [5, 5.41) is 6.71. The zero-order chi connectivity index (χ0) is 15.7. The van der Waals surface area contributed by atoms with Crippen molar-refractivity contribution in [1.29, 1.82) is 0 Å². The van der Waals surface area contributed by atoms with E-state index >= 15 is 0 Å². The van der Waals surface area contributed by atoms with Crippen LogP contribution in [0.1, 0.15) is 38.7 Å². The van der Waals surface area contributed by atoms with Gasteiger partial charge < -0.3 is 15.4 Å². The number of rotatable bonds is 9. The summed E-state index contributed by atoms with van der Waals surface area (Å²) in [5.74, 6) is 0.918. The molecule has 122 valence electrons. The maximum Gasteiger partial charge on any atom is 0.191 e. The molecule has 0 aromatic heterocycles. The van der Waals surface area contributed by atoms with Gasteiger partial charge in [-0.25, -0.2) is 0 Å². The van der Waals surface area contributed by atoms with Crippen LogP contribution in [0, 0.1) is 0 Å². The number of aliphatic imine (C=N–C) groups is 1. The molecule has 0 unspecified atom stereocenters. The highest BCUT2D eigenvalue weighted by Crippen LogP contribution is 2.48. The lowest BCUT2D eigenvalue weighted by atomic mass is 9.96. The predicted octanol–water partition coefficient (Wildman–Crippen LogP) is 2.70. The Hall–Kier alpha value is -1.55. The van der Waals surface area contributed by atoms with Gasteiger partial charge in [-0.1, -0.05) is 30.3 Å². The molecule has 0 aliphatic heterocycles. The van der Waals surface area contributed by atoms with Crippen molar-refractivity contribution in [2.45, 2.75) is 38.5 Å². The molecule has 0 atom stereocenters. The Balaban J connectivity index is 1.84. The third-order valence-corrected chi connectivity index (χ3v) is 4.09. The Morgan fingerprint density at radius 2 is 1.95 bits per heavy atom. The molecule has 0 radical (unpaired) electrons. The van der Waals surface area contributed by atoms with Crippen LogP contribution >= 0.6 is 0 Å². The van der Waals surface area contributed by atoms with E-state index in [0.29, 0.717) is 0 Å². The first-order valence-electron chi connectivity index (χ1n) is 8.46. The van der Waals surface area contributed by atoms with E-state index in [9.17, 15) is 0 Å². The van der Waals surface area contributed by atoms with Crippen LogP contribution in [0.15, 0.2) is 35.3 Å². The molecular formula is C18H29N3O. The molecule has 1 aromatic rings. The van der Waals surface area contributed by atoms with Crippen molar-refractivity contribution in [2.75, 3.05) is 32.8 Å². The fourth-order valence-corrected chi connectivity index (χ4v) is 2.58. The Morgan fingerprint density at radius 3 is 2.59 bits per heavy atom. The van der Waals surface area contributed by atoms with E-state index in [1.165, 1.54) is 18.4 Å². The van der Waals surface area contributed by atoms with Gasteiger partial charge in [-0.3, -0.25) is 4.99 Å². The molecule has 1 aliphatic carbocycles. The SMILES string of the molecule is CCNC(=NCC1(c2ccccc2)CC1)NCCCOCC. The van der Waals surface area contributed by atoms with Crippen molar-refractivity contribution in [3.63, 3.8) is 0 Å². The van der Waals surface area contributed by atoms with Crippen LogP contribution in [0.25, 0.3) is 0 Å². The molecule has 22 heavy (non-hydrogen) atoms. The lowest BCUT2D eigenvalue weighted by Crippen LogP contribution is -2.38. The Labute approximate surface area is 134 Å². The van der Waals surface area contributed by atoms with Crippen LogP contribution < -0.4 is 10.6 Å². The van der Waals surface area contributed by atoms with Gasteiger partial charge in [0, 0.05) is 31.7 Å². The van der Waals surface area contributed by atoms with Crippen molar-refractivity contribution in [3.05, 3.63) is 35.9 Å². The van der Waals surface area contributed by atoms with Gasteiger partial charge in [0.05, 0.1) is 6.54 Å². The number of hydrogen-bond acceptors (Lipinski definition) is 2. The summed E-state index contributed by atoms with van der Waals surface area (Å²) < 4.78 is 5.36. The summed E-state index contributed by atoms with van der Waals surface area (Å²) in [6, 6.07) is 10.8.